The topological polar surface area (TPSA) is 52.2 Å². The summed E-state index contributed by atoms with van der Waals surface area (Å²) in [5, 5.41) is 3.89. The van der Waals surface area contributed by atoms with Gasteiger partial charge >= 0.3 is 99.9 Å². The molecule has 0 spiro atoms. The van der Waals surface area contributed by atoms with Crippen LogP contribution in [0, 0.1) is 20.0 Å². The summed E-state index contributed by atoms with van der Waals surface area (Å²) in [6, 6.07) is 1.70. The summed E-state index contributed by atoms with van der Waals surface area (Å²) in [6.45, 7) is 7.37. The van der Waals surface area contributed by atoms with Gasteiger partial charge in [-0.2, -0.15) is 6.42 Å². The van der Waals surface area contributed by atoms with Crippen LogP contribution >= 0.6 is 0 Å². The van der Waals surface area contributed by atoms with Gasteiger partial charge in [0.1, 0.15) is 0 Å². The molecule has 1 radical (unpaired) electrons. The van der Waals surface area contributed by atoms with Gasteiger partial charge in [0.15, 0.2) is 0 Å². The van der Waals surface area contributed by atoms with Crippen LogP contribution in [0.2, 0.25) is 0 Å². The van der Waals surface area contributed by atoms with Crippen LogP contribution < -0.4 is 0 Å². The van der Waals surface area contributed by atoms with E-state index in [1.54, 1.807) is 10.6 Å². The summed E-state index contributed by atoms with van der Waals surface area (Å²) in [5.74, 6) is 0.399. The Morgan fingerprint density at radius 2 is 2.31 bits per heavy atom. The van der Waals surface area contributed by atoms with E-state index >= 15 is 0 Å². The Hall–Kier alpha value is -0.307. The third-order valence-corrected chi connectivity index (χ3v) is 1.45. The molecule has 0 N–H and O–H groups in total. The van der Waals surface area contributed by atoms with Crippen molar-refractivity contribution >= 4 is 16.8 Å². The molecule has 0 unspecified atom stereocenters. The minimum Gasteiger partial charge on any atom is -0.344 e. The van der Waals surface area contributed by atoms with Crippen molar-refractivity contribution < 1.29 is 37.9 Å². The average molecular weight is 424 g/mol. The monoisotopic (exact) mass is 424 g/mol. The number of rotatable bonds is 3. The predicted molar refractivity (Wildman–Crippen MR) is 58.8 cm³/mol. The summed E-state index contributed by atoms with van der Waals surface area (Å²) in [7, 11) is 0. The molecule has 1 aromatic rings. The van der Waals surface area contributed by atoms with E-state index in [1.807, 2.05) is 13.8 Å². The van der Waals surface area contributed by atoms with Crippen LogP contribution in [0.1, 0.15) is 19.0 Å². The van der Waals surface area contributed by atoms with Crippen LogP contribution in [-0.4, -0.2) is 20.8 Å². The van der Waals surface area contributed by atoms with Gasteiger partial charge in [-0.05, 0) is 0 Å². The van der Waals surface area contributed by atoms with E-state index in [-0.39, 0.29) is 18.6 Å². The van der Waals surface area contributed by atoms with E-state index in [4.69, 9.17) is 0 Å². The summed E-state index contributed by atoms with van der Waals surface area (Å²) in [6.07, 6.45) is 5.11. The summed E-state index contributed by atoms with van der Waals surface area (Å²) >= 11 is 1.29. The Kier molecular flexibility index (Phi) is 14.4. The minimum absolute atomic E-state index is 0. The molecule has 85 valence electrons. The van der Waals surface area contributed by atoms with E-state index in [2.05, 4.69) is 33.4 Å². The van der Waals surface area contributed by atoms with Gasteiger partial charge in [0.25, 0.3) is 0 Å². The maximum Gasteiger partial charge on any atom is 2.00 e. The Bertz CT molecular complexity index is 317. The Morgan fingerprint density at radius 3 is 2.81 bits per heavy atom. The van der Waals surface area contributed by atoms with Crippen LogP contribution in [0.25, 0.3) is 5.32 Å². The van der Waals surface area contributed by atoms with Crippen LogP contribution in [0.4, 0.5) is 5.95 Å². The van der Waals surface area contributed by atoms with Crippen LogP contribution in [0.5, 0.6) is 0 Å². The normalized spacial score (nSPS) is 8.69. The van der Waals surface area contributed by atoms with Crippen LogP contribution in [-0.2, 0) is 37.9 Å². The van der Waals surface area contributed by atoms with Crippen molar-refractivity contribution in [1.82, 2.24) is 9.97 Å². The van der Waals surface area contributed by atoms with Gasteiger partial charge in [-0.15, -0.1) is 0 Å². The number of aryl methyl sites for hydroxylation is 1. The summed E-state index contributed by atoms with van der Waals surface area (Å²) < 4.78 is 1.73. The molecule has 0 saturated carbocycles. The maximum absolute atomic E-state index is 4.04. The quantitative estimate of drug-likeness (QED) is 0.425. The van der Waals surface area contributed by atoms with Gasteiger partial charge in [0, 0.05) is 0 Å². The number of aliphatic imine (C=N–C) groups is 1. The first-order valence-corrected chi connectivity index (χ1v) is 6.11. The molecule has 0 bridgehead atoms. The first-order chi connectivity index (χ1) is 7.24. The number of aromatic nitrogens is 2. The smallest absolute Gasteiger partial charge is 0.344 e. The van der Waals surface area contributed by atoms with Gasteiger partial charge in [-0.25, -0.2) is 0 Å². The van der Waals surface area contributed by atoms with Crippen LogP contribution in [0.3, 0.4) is 0 Å². The van der Waals surface area contributed by atoms with Crippen molar-refractivity contribution in [2.24, 2.45) is 4.99 Å². The Morgan fingerprint density at radius 1 is 1.69 bits per heavy atom. The standard InChI is InChI=1S/C7H6N4.C3H7.V.W/c1-6-3-4-9-7(11-6)10-5-8-2;1-3-2;;/h2-3,5H,1H3;1,3H2,2H3;;/q-2;-1;+2;. The molecule has 0 aliphatic heterocycles. The third kappa shape index (κ3) is 10.2. The third-order valence-electron chi connectivity index (χ3n) is 1.02. The number of nitrogens with zero attached hydrogens (tertiary/aromatic N) is 4. The fraction of sp³-hybridized carbons (Fsp3) is 0.300. The van der Waals surface area contributed by atoms with E-state index in [0.29, 0.717) is 5.95 Å². The number of hydrogen-bond acceptors (Lipinski definition) is 3. The molecular weight excluding hydrogens is 411 g/mol. The van der Waals surface area contributed by atoms with Crippen molar-refractivity contribution in [3.05, 3.63) is 30.2 Å². The minimum atomic E-state index is 0. The fourth-order valence-electron chi connectivity index (χ4n) is 0.568. The molecule has 16 heavy (non-hydrogen) atoms. The molecule has 0 saturated heterocycles. The average Bonchev–Trinajstić information content (AvgIpc) is 2.19. The SMILES string of the molecule is Cc1c[c-]nc([N-]C=N[CH]=[W])n1.[CH2-]CC.[V+2]. The largest absolute Gasteiger partial charge is 2.00 e. The zero-order valence-corrected chi connectivity index (χ0v) is 13.6. The van der Waals surface area contributed by atoms with Gasteiger partial charge in [-0.1, -0.05) is 6.92 Å². The molecule has 6 heteroatoms. The van der Waals surface area contributed by atoms with Gasteiger partial charge in [-0.3, -0.25) is 0 Å². The molecular formula is C10H13N4VW-. The fourth-order valence-corrected chi connectivity index (χ4v) is 0.764. The Labute approximate surface area is 120 Å². The number of hydrogen-bond donors (Lipinski definition) is 0. The second-order valence-electron chi connectivity index (χ2n) is 2.44. The second kappa shape index (κ2) is 12.8. The van der Waals surface area contributed by atoms with E-state index in [1.165, 1.54) is 25.7 Å². The van der Waals surface area contributed by atoms with E-state index in [9.17, 15) is 0 Å². The molecule has 0 aliphatic rings. The summed E-state index contributed by atoms with van der Waals surface area (Å²) in [4.78, 5) is 11.7. The molecule has 0 aromatic carbocycles. The Balaban J connectivity index is 0. The van der Waals surface area contributed by atoms with Crippen molar-refractivity contribution in [1.29, 1.82) is 0 Å². The predicted octanol–water partition coefficient (Wildman–Crippen LogP) is 2.15. The maximum atomic E-state index is 4.04. The van der Waals surface area contributed by atoms with Gasteiger partial charge in [0.05, 0.1) is 0 Å². The molecule has 1 aromatic heterocycles. The molecule has 0 atom stereocenters. The first kappa shape index (κ1) is 18.1. The van der Waals surface area contributed by atoms with Crippen molar-refractivity contribution in [2.75, 3.05) is 0 Å². The molecule has 1 heterocycles. The van der Waals surface area contributed by atoms with E-state index in [0.717, 1.165) is 12.1 Å². The molecule has 0 amide bonds. The second-order valence-corrected chi connectivity index (χ2v) is 3.19. The van der Waals surface area contributed by atoms with Crippen molar-refractivity contribution in [3.63, 3.8) is 0 Å². The molecule has 0 aliphatic carbocycles. The molecule has 0 fully saturated rings. The van der Waals surface area contributed by atoms with Gasteiger partial charge in [0.2, 0.25) is 0 Å². The van der Waals surface area contributed by atoms with Crippen molar-refractivity contribution in [3.8, 4) is 0 Å². The molecule has 4 nitrogen and oxygen atoms in total. The molecule has 1 rings (SSSR count). The first-order valence-electron chi connectivity index (χ1n) is 4.41. The van der Waals surface area contributed by atoms with Crippen LogP contribution in [0.15, 0.2) is 11.1 Å². The summed E-state index contributed by atoms with van der Waals surface area (Å²) in [5.41, 5.74) is 0.850. The zero-order chi connectivity index (χ0) is 11.5. The zero-order valence-electron chi connectivity index (χ0n) is 9.29. The van der Waals surface area contributed by atoms with Crippen molar-refractivity contribution in [2.45, 2.75) is 20.3 Å². The van der Waals surface area contributed by atoms with E-state index < -0.39 is 0 Å². The van der Waals surface area contributed by atoms with Gasteiger partial charge < -0.3 is 6.92 Å².